The van der Waals surface area contributed by atoms with Crippen molar-refractivity contribution < 1.29 is 18.9 Å². The van der Waals surface area contributed by atoms with Crippen molar-refractivity contribution in [2.24, 2.45) is 10.8 Å². The summed E-state index contributed by atoms with van der Waals surface area (Å²) in [7, 11) is -4.71. The van der Waals surface area contributed by atoms with Crippen molar-refractivity contribution in [2.75, 3.05) is 17.3 Å². The summed E-state index contributed by atoms with van der Waals surface area (Å²) in [6.45, 7) is 7.39. The van der Waals surface area contributed by atoms with Crippen molar-refractivity contribution in [3.63, 3.8) is 0 Å². The van der Waals surface area contributed by atoms with E-state index in [9.17, 15) is 14.4 Å². The molecule has 0 fully saturated rings. The Balaban J connectivity index is 6.38. The summed E-state index contributed by atoms with van der Waals surface area (Å²) in [5.74, 6) is 0. The predicted molar refractivity (Wildman–Crippen MR) is 123 cm³/mol. The zero-order valence-corrected chi connectivity index (χ0v) is 24.6. The summed E-state index contributed by atoms with van der Waals surface area (Å²) < 4.78 is 14.2. The molecular formula is C12H20Br6ClO4P. The molecule has 0 rings (SSSR count). The second kappa shape index (κ2) is 8.97. The molecule has 0 atom stereocenters. The lowest BCUT2D eigenvalue weighted by Gasteiger charge is -2.56. The molecule has 0 aromatic carbocycles. The van der Waals surface area contributed by atoms with Crippen molar-refractivity contribution in [3.05, 3.63) is 0 Å². The predicted octanol–water partition coefficient (Wildman–Crippen LogP) is 6.89. The number of alkyl halides is 7. The molecule has 0 radical (unpaired) electrons. The van der Waals surface area contributed by atoms with Crippen molar-refractivity contribution in [3.8, 4) is 0 Å². The third-order valence-corrected chi connectivity index (χ3v) is 15.7. The first-order chi connectivity index (χ1) is 10.3. The third-order valence-electron chi connectivity index (χ3n) is 3.80. The van der Waals surface area contributed by atoms with Crippen LogP contribution in [0.1, 0.15) is 27.7 Å². The molecule has 2 N–H and O–H groups in total. The first-order valence-corrected chi connectivity index (χ1v) is 13.9. The van der Waals surface area contributed by atoms with Crippen LogP contribution in [-0.2, 0) is 9.09 Å². The molecule has 146 valence electrons. The molecule has 0 saturated carbocycles. The average Bonchev–Trinajstić information content (AvgIpc) is 2.42. The lowest BCUT2D eigenvalue weighted by molar-refractivity contribution is 0.136. The highest BCUT2D eigenvalue weighted by molar-refractivity contribution is 9.26. The quantitative estimate of drug-likeness (QED) is 0.198. The van der Waals surface area contributed by atoms with Crippen LogP contribution in [-0.4, -0.2) is 38.4 Å². The maximum absolute atomic E-state index is 11.3. The normalized spacial score (nSPS) is 15.7. The van der Waals surface area contributed by atoms with Gasteiger partial charge in [-0.25, -0.2) is 4.57 Å². The molecule has 0 aromatic rings. The molecule has 0 amide bonds. The molecule has 4 nitrogen and oxygen atoms in total. The third kappa shape index (κ3) is 5.45. The lowest BCUT2D eigenvalue weighted by Crippen LogP contribution is -2.66. The van der Waals surface area contributed by atoms with Crippen LogP contribution in [0.3, 0.4) is 0 Å². The van der Waals surface area contributed by atoms with E-state index in [-0.39, 0.29) is 0 Å². The molecule has 0 aliphatic heterocycles. The van der Waals surface area contributed by atoms with Crippen LogP contribution in [0.5, 0.6) is 0 Å². The monoisotopic (exact) mass is 768 g/mol. The number of phosphoric acid groups is 1. The Labute approximate surface area is 199 Å². The van der Waals surface area contributed by atoms with Crippen molar-refractivity contribution in [1.82, 2.24) is 0 Å². The number of hydrogen-bond acceptors (Lipinski definition) is 2. The largest absolute Gasteiger partial charge is 0.469 e. The van der Waals surface area contributed by atoms with E-state index in [1.54, 1.807) is 0 Å². The fourth-order valence-electron chi connectivity index (χ4n) is 1.79. The first-order valence-electron chi connectivity index (χ1n) is 6.59. The number of hydrogen-bond donors (Lipinski definition) is 2. The van der Waals surface area contributed by atoms with Crippen molar-refractivity contribution in [2.45, 2.75) is 39.0 Å². The number of rotatable bonds is 9. The molecule has 0 saturated heterocycles. The Bertz CT molecular complexity index is 466. The van der Waals surface area contributed by atoms with Gasteiger partial charge in [-0.2, -0.15) is 0 Å². The molecule has 0 aliphatic carbocycles. The molecule has 0 aromatic heterocycles. The number of phosphoric ester groups is 1. The second-order valence-corrected chi connectivity index (χ2v) is 16.6. The molecule has 0 heterocycles. The summed E-state index contributed by atoms with van der Waals surface area (Å²) in [6.07, 6.45) is 0. The Morgan fingerprint density at radius 3 is 1.42 bits per heavy atom. The zero-order chi connectivity index (χ0) is 19.8. The maximum Gasteiger partial charge on any atom is 0.469 e. The zero-order valence-electron chi connectivity index (χ0n) is 13.4. The topological polar surface area (TPSA) is 66.8 Å². The van der Waals surface area contributed by atoms with E-state index in [4.69, 9.17) is 16.1 Å². The highest BCUT2D eigenvalue weighted by atomic mass is 79.9. The standard InChI is InChI=1S/C12H20Br6ClO4P/c1-8(2,5-13)11(15,16)10(19,7-23-24(20,21)22)12(17,18)9(3,4)6-14/h5-7H2,1-4H3,(H2,20,21,22). The van der Waals surface area contributed by atoms with Crippen LogP contribution in [0.4, 0.5) is 0 Å². The first kappa shape index (κ1) is 27.3. The van der Waals surface area contributed by atoms with Gasteiger partial charge in [0.15, 0.2) is 0 Å². The van der Waals surface area contributed by atoms with Gasteiger partial charge in [0, 0.05) is 21.5 Å². The average molecular weight is 774 g/mol. The van der Waals surface area contributed by atoms with Gasteiger partial charge in [0.2, 0.25) is 0 Å². The van der Waals surface area contributed by atoms with Gasteiger partial charge in [0.05, 0.1) is 6.61 Å². The van der Waals surface area contributed by atoms with Gasteiger partial charge >= 0.3 is 7.82 Å². The van der Waals surface area contributed by atoms with E-state index in [0.717, 1.165) is 0 Å². The van der Waals surface area contributed by atoms with Gasteiger partial charge in [-0.1, -0.05) is 123 Å². The smallest absolute Gasteiger partial charge is 0.303 e. The van der Waals surface area contributed by atoms with Gasteiger partial charge < -0.3 is 9.79 Å². The SMILES string of the molecule is CC(C)(CBr)C(Br)(Br)C(Cl)(COP(=O)(O)O)C(Br)(Br)C(C)(C)CBr. The minimum atomic E-state index is -4.71. The van der Waals surface area contributed by atoms with E-state index >= 15 is 0 Å². The second-order valence-electron chi connectivity index (χ2n) is 6.75. The number of halogens is 7. The van der Waals surface area contributed by atoms with Crippen LogP contribution >= 0.6 is 115 Å². The van der Waals surface area contributed by atoms with Crippen LogP contribution in [0.25, 0.3) is 0 Å². The van der Waals surface area contributed by atoms with Crippen LogP contribution in [0.15, 0.2) is 0 Å². The van der Waals surface area contributed by atoms with E-state index in [0.29, 0.717) is 10.7 Å². The highest BCUT2D eigenvalue weighted by Crippen LogP contribution is 2.67. The van der Waals surface area contributed by atoms with E-state index in [1.165, 1.54) is 0 Å². The molecule has 0 bridgehead atoms. The van der Waals surface area contributed by atoms with E-state index < -0.39 is 36.6 Å². The Kier molecular flexibility index (Phi) is 10.2. The van der Waals surface area contributed by atoms with Gasteiger partial charge in [0.1, 0.15) is 11.3 Å². The van der Waals surface area contributed by atoms with E-state index in [2.05, 4.69) is 95.6 Å². The summed E-state index contributed by atoms with van der Waals surface area (Å²) in [6, 6.07) is 0. The van der Waals surface area contributed by atoms with Gasteiger partial charge in [-0.3, -0.25) is 4.52 Å². The van der Waals surface area contributed by atoms with Gasteiger partial charge in [-0.15, -0.1) is 11.6 Å². The highest BCUT2D eigenvalue weighted by Gasteiger charge is 2.68. The fraction of sp³-hybridized carbons (Fsp3) is 1.00. The van der Waals surface area contributed by atoms with Crippen molar-refractivity contribution >= 4 is 115 Å². The van der Waals surface area contributed by atoms with Crippen LogP contribution in [0, 0.1) is 10.8 Å². The summed E-state index contributed by atoms with van der Waals surface area (Å²) in [4.78, 5) is 17.0. The van der Waals surface area contributed by atoms with Gasteiger partial charge in [0.25, 0.3) is 0 Å². The fourth-order valence-corrected chi connectivity index (χ4v) is 8.41. The molecular weight excluding hydrogens is 754 g/mol. The van der Waals surface area contributed by atoms with E-state index in [1.807, 2.05) is 27.7 Å². The van der Waals surface area contributed by atoms with Crippen LogP contribution < -0.4 is 0 Å². The van der Waals surface area contributed by atoms with Crippen molar-refractivity contribution in [1.29, 1.82) is 0 Å². The Morgan fingerprint density at radius 1 is 0.917 bits per heavy atom. The molecule has 0 aliphatic rings. The Morgan fingerprint density at radius 2 is 1.21 bits per heavy atom. The summed E-state index contributed by atoms with van der Waals surface area (Å²) in [5, 5.41) is 1.12. The lowest BCUT2D eigenvalue weighted by atomic mass is 9.76. The summed E-state index contributed by atoms with van der Waals surface area (Å²) in [5.41, 5.74) is -0.940. The minimum absolute atomic E-state index is 0.432. The molecule has 24 heavy (non-hydrogen) atoms. The molecule has 0 spiro atoms. The summed E-state index contributed by atoms with van der Waals surface area (Å²) >= 11 is 28.6. The Hall–Kier alpha value is 3.28. The molecule has 0 unspecified atom stereocenters. The minimum Gasteiger partial charge on any atom is -0.303 e. The molecule has 12 heteroatoms. The van der Waals surface area contributed by atoms with Crippen LogP contribution in [0.2, 0.25) is 0 Å². The van der Waals surface area contributed by atoms with Gasteiger partial charge in [-0.05, 0) is 0 Å². The maximum atomic E-state index is 11.3.